The van der Waals surface area contributed by atoms with Gasteiger partial charge in [-0.2, -0.15) is 13.2 Å². The number of benzene rings is 2. The Bertz CT molecular complexity index is 867. The van der Waals surface area contributed by atoms with Crippen molar-refractivity contribution in [3.8, 4) is 5.75 Å². The SMILES string of the molecule is CNC(=O)[C@H]1CN(C(=O)Cc2cccc(C(F)(F)F)c2)c2ccccc2O1. The van der Waals surface area contributed by atoms with Gasteiger partial charge in [-0.1, -0.05) is 30.3 Å². The lowest BCUT2D eigenvalue weighted by Gasteiger charge is -2.34. The van der Waals surface area contributed by atoms with Crippen molar-refractivity contribution in [2.75, 3.05) is 18.5 Å². The van der Waals surface area contributed by atoms with E-state index in [4.69, 9.17) is 4.74 Å². The van der Waals surface area contributed by atoms with Crippen LogP contribution in [0.2, 0.25) is 0 Å². The Morgan fingerprint density at radius 2 is 1.93 bits per heavy atom. The summed E-state index contributed by atoms with van der Waals surface area (Å²) in [6.45, 7) is -0.0194. The third-order valence-electron chi connectivity index (χ3n) is 4.22. The number of likely N-dealkylation sites (N-methyl/N-ethyl adjacent to an activating group) is 1. The maximum absolute atomic E-state index is 12.9. The second kappa shape index (κ2) is 7.30. The van der Waals surface area contributed by atoms with Gasteiger partial charge in [0, 0.05) is 7.05 Å². The number of hydrogen-bond donors (Lipinski definition) is 1. The van der Waals surface area contributed by atoms with Crippen molar-refractivity contribution < 1.29 is 27.5 Å². The van der Waals surface area contributed by atoms with E-state index in [1.807, 2.05) is 0 Å². The molecule has 1 atom stereocenters. The Morgan fingerprint density at radius 3 is 2.63 bits per heavy atom. The Kier molecular flexibility index (Phi) is 5.07. The standard InChI is InChI=1S/C19H17F3N2O3/c1-23-18(26)16-11-24(14-7-2-3-8-15(14)27-16)17(25)10-12-5-4-6-13(9-12)19(20,21)22/h2-9,16H,10-11H2,1H3,(H,23,26)/t16-/m1/s1. The monoisotopic (exact) mass is 378 g/mol. The average Bonchev–Trinajstić information content (AvgIpc) is 2.66. The quantitative estimate of drug-likeness (QED) is 0.894. The fourth-order valence-corrected chi connectivity index (χ4v) is 2.90. The molecular formula is C19H17F3N2O3. The third-order valence-corrected chi connectivity index (χ3v) is 4.22. The lowest BCUT2D eigenvalue weighted by atomic mass is 10.1. The maximum Gasteiger partial charge on any atom is 0.416 e. The smallest absolute Gasteiger partial charge is 0.416 e. The molecular weight excluding hydrogens is 361 g/mol. The van der Waals surface area contributed by atoms with Crippen molar-refractivity contribution >= 4 is 17.5 Å². The molecule has 1 aliphatic heterocycles. The summed E-state index contributed by atoms with van der Waals surface area (Å²) in [5, 5.41) is 2.47. The van der Waals surface area contributed by atoms with Gasteiger partial charge >= 0.3 is 6.18 Å². The fourth-order valence-electron chi connectivity index (χ4n) is 2.90. The molecule has 0 radical (unpaired) electrons. The predicted molar refractivity (Wildman–Crippen MR) is 92.4 cm³/mol. The normalized spacial score (nSPS) is 16.3. The molecule has 0 saturated carbocycles. The number of alkyl halides is 3. The Hall–Kier alpha value is -3.03. The largest absolute Gasteiger partial charge is 0.477 e. The van der Waals surface area contributed by atoms with E-state index in [1.54, 1.807) is 24.3 Å². The number of rotatable bonds is 3. The molecule has 27 heavy (non-hydrogen) atoms. The van der Waals surface area contributed by atoms with Crippen molar-refractivity contribution in [2.24, 2.45) is 0 Å². The summed E-state index contributed by atoms with van der Waals surface area (Å²) in [6, 6.07) is 11.4. The zero-order valence-corrected chi connectivity index (χ0v) is 14.4. The Labute approximate surface area is 153 Å². The molecule has 8 heteroatoms. The molecule has 1 heterocycles. The Balaban J connectivity index is 1.86. The van der Waals surface area contributed by atoms with E-state index in [0.29, 0.717) is 11.4 Å². The minimum absolute atomic E-state index is 0.0194. The first-order valence-electron chi connectivity index (χ1n) is 8.23. The number of nitrogens with one attached hydrogen (secondary N) is 1. The molecule has 142 valence electrons. The number of carbonyl (C=O) groups is 2. The molecule has 0 aromatic heterocycles. The summed E-state index contributed by atoms with van der Waals surface area (Å²) >= 11 is 0. The van der Waals surface area contributed by atoms with Crippen LogP contribution in [0.3, 0.4) is 0 Å². The molecule has 5 nitrogen and oxygen atoms in total. The number of amides is 2. The van der Waals surface area contributed by atoms with E-state index < -0.39 is 23.8 Å². The molecule has 2 aromatic rings. The first-order valence-corrected chi connectivity index (χ1v) is 8.23. The number of carbonyl (C=O) groups excluding carboxylic acids is 2. The predicted octanol–water partition coefficient (Wildman–Crippen LogP) is 2.79. The number of nitrogens with zero attached hydrogens (tertiary/aromatic N) is 1. The average molecular weight is 378 g/mol. The number of halogens is 3. The van der Waals surface area contributed by atoms with Crippen LogP contribution in [0.4, 0.5) is 18.9 Å². The first kappa shape index (κ1) is 18.8. The summed E-state index contributed by atoms with van der Waals surface area (Å²) in [5.74, 6) is -0.435. The molecule has 0 aliphatic carbocycles. The zero-order chi connectivity index (χ0) is 19.6. The van der Waals surface area contributed by atoms with Crippen molar-refractivity contribution in [1.82, 2.24) is 5.32 Å². The summed E-state index contributed by atoms with van der Waals surface area (Å²) < 4.78 is 44.3. The third kappa shape index (κ3) is 4.05. The minimum Gasteiger partial charge on any atom is -0.477 e. The van der Waals surface area contributed by atoms with Gasteiger partial charge in [-0.05, 0) is 23.8 Å². The molecule has 0 fully saturated rings. The molecule has 2 amide bonds. The topological polar surface area (TPSA) is 58.6 Å². The van der Waals surface area contributed by atoms with Crippen LogP contribution in [0.25, 0.3) is 0 Å². The van der Waals surface area contributed by atoms with Crippen molar-refractivity contribution in [2.45, 2.75) is 18.7 Å². The number of anilines is 1. The highest BCUT2D eigenvalue weighted by Crippen LogP contribution is 2.34. The van der Waals surface area contributed by atoms with Gasteiger partial charge < -0.3 is 15.0 Å². The van der Waals surface area contributed by atoms with Gasteiger partial charge in [0.25, 0.3) is 5.91 Å². The molecule has 0 saturated heterocycles. The number of para-hydroxylation sites is 2. The van der Waals surface area contributed by atoms with E-state index >= 15 is 0 Å². The van der Waals surface area contributed by atoms with E-state index in [2.05, 4.69) is 5.32 Å². The van der Waals surface area contributed by atoms with Gasteiger partial charge in [0.1, 0.15) is 5.75 Å². The van der Waals surface area contributed by atoms with Crippen LogP contribution in [0.5, 0.6) is 5.75 Å². The van der Waals surface area contributed by atoms with E-state index in [0.717, 1.165) is 12.1 Å². The van der Waals surface area contributed by atoms with Crippen molar-refractivity contribution in [3.63, 3.8) is 0 Å². The highest BCUT2D eigenvalue weighted by atomic mass is 19.4. The summed E-state index contributed by atoms with van der Waals surface area (Å²) in [7, 11) is 1.46. The highest BCUT2D eigenvalue weighted by molar-refractivity contribution is 5.98. The second-order valence-corrected chi connectivity index (χ2v) is 6.07. The zero-order valence-electron chi connectivity index (χ0n) is 14.4. The lowest BCUT2D eigenvalue weighted by Crippen LogP contribution is -2.50. The van der Waals surface area contributed by atoms with E-state index in [9.17, 15) is 22.8 Å². The van der Waals surface area contributed by atoms with Crippen LogP contribution in [0.15, 0.2) is 48.5 Å². The molecule has 0 spiro atoms. The van der Waals surface area contributed by atoms with Gasteiger partial charge in [-0.25, -0.2) is 0 Å². The highest BCUT2D eigenvalue weighted by Gasteiger charge is 2.34. The Morgan fingerprint density at radius 1 is 1.19 bits per heavy atom. The molecule has 1 aliphatic rings. The fraction of sp³-hybridized carbons (Fsp3) is 0.263. The number of fused-ring (bicyclic) bond motifs is 1. The maximum atomic E-state index is 12.9. The van der Waals surface area contributed by atoms with E-state index in [1.165, 1.54) is 24.1 Å². The number of ether oxygens (including phenoxy) is 1. The molecule has 2 aromatic carbocycles. The minimum atomic E-state index is -4.48. The second-order valence-electron chi connectivity index (χ2n) is 6.07. The van der Waals surface area contributed by atoms with Crippen LogP contribution in [0.1, 0.15) is 11.1 Å². The molecule has 1 N–H and O–H groups in total. The van der Waals surface area contributed by atoms with Gasteiger partial charge in [-0.3, -0.25) is 9.59 Å². The van der Waals surface area contributed by atoms with Crippen LogP contribution >= 0.6 is 0 Å². The molecule has 0 bridgehead atoms. The van der Waals surface area contributed by atoms with Crippen LogP contribution in [0, 0.1) is 0 Å². The van der Waals surface area contributed by atoms with Crippen molar-refractivity contribution in [3.05, 3.63) is 59.7 Å². The van der Waals surface area contributed by atoms with Gasteiger partial charge in [0.15, 0.2) is 6.10 Å². The van der Waals surface area contributed by atoms with Crippen LogP contribution < -0.4 is 15.0 Å². The van der Waals surface area contributed by atoms with E-state index in [-0.39, 0.29) is 24.4 Å². The summed E-state index contributed by atoms with van der Waals surface area (Å²) in [4.78, 5) is 26.1. The van der Waals surface area contributed by atoms with Crippen LogP contribution in [-0.4, -0.2) is 31.5 Å². The first-order chi connectivity index (χ1) is 12.8. The van der Waals surface area contributed by atoms with Gasteiger partial charge in [0.05, 0.1) is 24.2 Å². The lowest BCUT2D eigenvalue weighted by molar-refractivity contribution is -0.137. The number of hydrogen-bond acceptors (Lipinski definition) is 3. The van der Waals surface area contributed by atoms with Crippen molar-refractivity contribution in [1.29, 1.82) is 0 Å². The van der Waals surface area contributed by atoms with Gasteiger partial charge in [0.2, 0.25) is 5.91 Å². The summed E-state index contributed by atoms with van der Waals surface area (Å²) in [6.07, 6.45) is -5.59. The molecule has 0 unspecified atom stereocenters. The molecule has 3 rings (SSSR count). The summed E-state index contributed by atoms with van der Waals surface area (Å²) in [5.41, 5.74) is -0.0802. The van der Waals surface area contributed by atoms with Crippen LogP contribution in [-0.2, 0) is 22.2 Å². The van der Waals surface area contributed by atoms with Gasteiger partial charge in [-0.15, -0.1) is 0 Å².